The summed E-state index contributed by atoms with van der Waals surface area (Å²) in [4.78, 5) is 12.7. The molecule has 1 fully saturated rings. The average Bonchev–Trinajstić information content (AvgIpc) is 3.59. The SMILES string of the molecule is COc1cc(CN(C)C)cc(CN2CCC(c3ccc4[nH]c(-c5ccnc6[nH]ncc56)c(C(C)C)c4c3)CC2)c1O. The minimum absolute atomic E-state index is 0.258. The lowest BCUT2D eigenvalue weighted by atomic mass is 9.87. The van der Waals surface area contributed by atoms with Gasteiger partial charge in [0, 0.05) is 46.7 Å². The van der Waals surface area contributed by atoms with E-state index in [0.29, 0.717) is 17.6 Å². The van der Waals surface area contributed by atoms with E-state index in [0.717, 1.165) is 72.4 Å². The average molecular weight is 553 g/mol. The van der Waals surface area contributed by atoms with Crippen LogP contribution >= 0.6 is 0 Å². The maximum absolute atomic E-state index is 10.8. The largest absolute Gasteiger partial charge is 0.504 e. The number of fused-ring (bicyclic) bond motifs is 2. The zero-order valence-electron chi connectivity index (χ0n) is 24.7. The Kier molecular flexibility index (Phi) is 7.45. The number of rotatable bonds is 8. The van der Waals surface area contributed by atoms with Gasteiger partial charge in [-0.3, -0.25) is 10.00 Å². The number of likely N-dealkylation sites (tertiary alicyclic amines) is 1. The molecule has 214 valence electrons. The molecule has 0 saturated carbocycles. The van der Waals surface area contributed by atoms with E-state index in [2.05, 4.69) is 88.2 Å². The molecule has 0 bridgehead atoms. The molecule has 2 aromatic carbocycles. The van der Waals surface area contributed by atoms with Gasteiger partial charge < -0.3 is 19.7 Å². The number of ether oxygens (including phenoxy) is 1. The first-order valence-corrected chi connectivity index (χ1v) is 14.5. The number of aromatic amines is 2. The van der Waals surface area contributed by atoms with E-state index in [1.807, 2.05) is 18.5 Å². The first kappa shape index (κ1) is 27.3. The molecular formula is C33H40N6O2. The zero-order valence-corrected chi connectivity index (χ0v) is 24.7. The summed E-state index contributed by atoms with van der Waals surface area (Å²) >= 11 is 0. The maximum atomic E-state index is 10.8. The molecule has 0 spiro atoms. The van der Waals surface area contributed by atoms with Crippen LogP contribution in [0.25, 0.3) is 33.2 Å². The van der Waals surface area contributed by atoms with E-state index in [9.17, 15) is 5.11 Å². The number of nitrogens with one attached hydrogen (secondary N) is 2. The summed E-state index contributed by atoms with van der Waals surface area (Å²) in [5, 5.41) is 20.4. The molecule has 1 aliphatic rings. The molecule has 0 aliphatic carbocycles. The Bertz CT molecular complexity index is 1680. The van der Waals surface area contributed by atoms with Crippen molar-refractivity contribution in [3.05, 3.63) is 71.0 Å². The number of phenolic OH excluding ortho intramolecular Hbond substituents is 1. The fraction of sp³-hybridized carbons (Fsp3) is 0.394. The van der Waals surface area contributed by atoms with Gasteiger partial charge in [0.2, 0.25) is 0 Å². The number of nitrogens with zero attached hydrogens (tertiary/aromatic N) is 4. The number of methoxy groups -OCH3 is 1. The van der Waals surface area contributed by atoms with Crippen molar-refractivity contribution in [1.29, 1.82) is 0 Å². The molecular weight excluding hydrogens is 512 g/mol. The van der Waals surface area contributed by atoms with Gasteiger partial charge in [-0.2, -0.15) is 5.10 Å². The number of hydrogen-bond donors (Lipinski definition) is 3. The molecule has 1 aliphatic heterocycles. The van der Waals surface area contributed by atoms with Gasteiger partial charge in [-0.15, -0.1) is 0 Å². The second-order valence-electron chi connectivity index (χ2n) is 12.0. The lowest BCUT2D eigenvalue weighted by Gasteiger charge is -2.32. The fourth-order valence-electron chi connectivity index (χ4n) is 6.49. The monoisotopic (exact) mass is 552 g/mol. The van der Waals surface area contributed by atoms with Crippen LogP contribution < -0.4 is 4.74 Å². The van der Waals surface area contributed by atoms with Crippen LogP contribution in [0, 0.1) is 0 Å². The van der Waals surface area contributed by atoms with Crippen molar-refractivity contribution in [3.63, 3.8) is 0 Å². The van der Waals surface area contributed by atoms with Gasteiger partial charge in [0.15, 0.2) is 17.1 Å². The Balaban J connectivity index is 1.23. The Morgan fingerprint density at radius 1 is 1.10 bits per heavy atom. The molecule has 0 radical (unpaired) electrons. The zero-order chi connectivity index (χ0) is 28.7. The van der Waals surface area contributed by atoms with Crippen LogP contribution in [0.5, 0.6) is 11.5 Å². The summed E-state index contributed by atoms with van der Waals surface area (Å²) in [6, 6.07) is 13.1. The van der Waals surface area contributed by atoms with Crippen molar-refractivity contribution in [2.45, 2.75) is 51.6 Å². The van der Waals surface area contributed by atoms with E-state index < -0.39 is 0 Å². The number of aromatic nitrogens is 4. The van der Waals surface area contributed by atoms with E-state index >= 15 is 0 Å². The van der Waals surface area contributed by atoms with Crippen molar-refractivity contribution >= 4 is 21.9 Å². The minimum atomic E-state index is 0.258. The van der Waals surface area contributed by atoms with Gasteiger partial charge in [0.05, 0.1) is 19.0 Å². The highest BCUT2D eigenvalue weighted by molar-refractivity contribution is 5.98. The fourth-order valence-corrected chi connectivity index (χ4v) is 6.49. The molecule has 3 N–H and O–H groups in total. The van der Waals surface area contributed by atoms with Crippen LogP contribution in [0.2, 0.25) is 0 Å². The van der Waals surface area contributed by atoms with Crippen LogP contribution in [0.4, 0.5) is 0 Å². The van der Waals surface area contributed by atoms with Crippen LogP contribution in [-0.4, -0.2) is 69.4 Å². The van der Waals surface area contributed by atoms with Crippen molar-refractivity contribution in [2.24, 2.45) is 0 Å². The number of pyridine rings is 1. The smallest absolute Gasteiger partial charge is 0.162 e. The second-order valence-corrected chi connectivity index (χ2v) is 12.0. The number of piperidine rings is 1. The summed E-state index contributed by atoms with van der Waals surface area (Å²) in [5.74, 6) is 1.68. The topological polar surface area (TPSA) is 93.3 Å². The summed E-state index contributed by atoms with van der Waals surface area (Å²) in [7, 11) is 5.72. The Morgan fingerprint density at radius 2 is 1.90 bits per heavy atom. The maximum Gasteiger partial charge on any atom is 0.162 e. The lowest BCUT2D eigenvalue weighted by Crippen LogP contribution is -2.32. The number of hydrogen-bond acceptors (Lipinski definition) is 6. The number of H-pyrrole nitrogens is 2. The third kappa shape index (κ3) is 5.29. The minimum Gasteiger partial charge on any atom is -0.504 e. The van der Waals surface area contributed by atoms with E-state index in [4.69, 9.17) is 4.74 Å². The summed E-state index contributed by atoms with van der Waals surface area (Å²) in [6.07, 6.45) is 5.89. The first-order valence-electron chi connectivity index (χ1n) is 14.5. The Hall–Kier alpha value is -3.88. The van der Waals surface area contributed by atoms with Crippen molar-refractivity contribution < 1.29 is 9.84 Å². The molecule has 5 aromatic rings. The molecule has 0 amide bonds. The van der Waals surface area contributed by atoms with Gasteiger partial charge in [0.25, 0.3) is 0 Å². The first-order chi connectivity index (χ1) is 19.8. The van der Waals surface area contributed by atoms with Crippen LogP contribution in [-0.2, 0) is 13.1 Å². The predicted octanol–water partition coefficient (Wildman–Crippen LogP) is 6.39. The quantitative estimate of drug-likeness (QED) is 0.207. The predicted molar refractivity (Wildman–Crippen MR) is 165 cm³/mol. The standard InChI is InChI=1S/C33H40N6O2/c1-20(2)30-26-16-23(6-7-28(26)36-31(30)25-8-11-34-33-27(25)17-35-37-33)22-9-12-39(13-10-22)19-24-14-21(18-38(3)4)15-29(41-5)32(24)40/h6-8,11,14-17,20,22,36,40H,9-10,12-13,18-19H2,1-5H3,(H,34,35,37). The summed E-state index contributed by atoms with van der Waals surface area (Å²) in [6.45, 7) is 8.05. The normalized spacial score (nSPS) is 15.1. The number of aromatic hydroxyl groups is 1. The molecule has 41 heavy (non-hydrogen) atoms. The molecule has 8 nitrogen and oxygen atoms in total. The Labute approximate surface area is 241 Å². The van der Waals surface area contributed by atoms with Crippen molar-refractivity contribution in [2.75, 3.05) is 34.3 Å². The van der Waals surface area contributed by atoms with Crippen molar-refractivity contribution in [1.82, 2.24) is 30.0 Å². The third-order valence-corrected chi connectivity index (χ3v) is 8.45. The second kappa shape index (κ2) is 11.2. The van der Waals surface area contributed by atoms with Crippen molar-refractivity contribution in [3.8, 4) is 22.8 Å². The van der Waals surface area contributed by atoms with Gasteiger partial charge in [-0.25, -0.2) is 4.98 Å². The molecule has 0 atom stereocenters. The number of benzene rings is 2. The van der Waals surface area contributed by atoms with Crippen LogP contribution in [0.15, 0.2) is 48.8 Å². The van der Waals surface area contributed by atoms with Crippen LogP contribution in [0.1, 0.15) is 60.8 Å². The van der Waals surface area contributed by atoms with Gasteiger partial charge in [-0.1, -0.05) is 19.9 Å². The van der Waals surface area contributed by atoms with E-state index in [1.54, 1.807) is 7.11 Å². The van der Waals surface area contributed by atoms with E-state index in [1.165, 1.54) is 22.0 Å². The third-order valence-electron chi connectivity index (χ3n) is 8.45. The summed E-state index contributed by atoms with van der Waals surface area (Å²) < 4.78 is 5.48. The molecule has 6 rings (SSSR count). The molecule has 4 heterocycles. The van der Waals surface area contributed by atoms with Gasteiger partial charge >= 0.3 is 0 Å². The highest BCUT2D eigenvalue weighted by Crippen LogP contribution is 2.40. The molecule has 3 aromatic heterocycles. The number of phenols is 1. The molecule has 0 unspecified atom stereocenters. The van der Waals surface area contributed by atoms with Gasteiger partial charge in [-0.05, 0) is 98.9 Å². The van der Waals surface area contributed by atoms with Gasteiger partial charge in [0.1, 0.15) is 0 Å². The Morgan fingerprint density at radius 3 is 2.63 bits per heavy atom. The molecule has 1 saturated heterocycles. The van der Waals surface area contributed by atoms with E-state index in [-0.39, 0.29) is 5.75 Å². The highest BCUT2D eigenvalue weighted by atomic mass is 16.5. The van der Waals surface area contributed by atoms with Crippen LogP contribution in [0.3, 0.4) is 0 Å². The highest BCUT2D eigenvalue weighted by Gasteiger charge is 2.24. The molecule has 8 heteroatoms. The summed E-state index contributed by atoms with van der Waals surface area (Å²) in [5.41, 5.74) is 9.09. The lowest BCUT2D eigenvalue weighted by molar-refractivity contribution is 0.202.